The van der Waals surface area contributed by atoms with Gasteiger partial charge >= 0.3 is 5.00 Å². The molecule has 1 aromatic carbocycles. The Hall–Kier alpha value is -2.74. The summed E-state index contributed by atoms with van der Waals surface area (Å²) in [5.41, 5.74) is 4.39. The summed E-state index contributed by atoms with van der Waals surface area (Å²) in [7, 11) is 0. The number of carbonyl (C=O) groups is 1. The minimum atomic E-state index is -0.465. The van der Waals surface area contributed by atoms with Gasteiger partial charge in [0, 0.05) is 11.8 Å². The van der Waals surface area contributed by atoms with Crippen molar-refractivity contribution in [2.45, 2.75) is 19.9 Å². The Labute approximate surface area is 137 Å². The smallest absolute Gasteiger partial charge is 0.324 e. The third-order valence-electron chi connectivity index (χ3n) is 2.99. The van der Waals surface area contributed by atoms with Gasteiger partial charge in [-0.1, -0.05) is 29.0 Å². The Morgan fingerprint density at radius 3 is 2.61 bits per heavy atom. The van der Waals surface area contributed by atoms with E-state index in [1.54, 1.807) is 13.0 Å². The van der Waals surface area contributed by atoms with Crippen molar-refractivity contribution in [1.29, 1.82) is 0 Å². The lowest BCUT2D eigenvalue weighted by molar-refractivity contribution is -0.380. The lowest BCUT2D eigenvalue weighted by Gasteiger charge is -2.13. The van der Waals surface area contributed by atoms with Crippen molar-refractivity contribution in [3.63, 3.8) is 0 Å². The molecule has 2 rings (SSSR count). The molecule has 0 aliphatic heterocycles. The van der Waals surface area contributed by atoms with Crippen LogP contribution < -0.4 is 10.7 Å². The molecule has 0 fully saturated rings. The molecule has 0 saturated carbocycles. The van der Waals surface area contributed by atoms with Gasteiger partial charge in [-0.05, 0) is 32.0 Å². The SMILES string of the molecule is Cc1ccc(N[C@@H](C)C(=O)N/N=C\c2ccc([N+](=O)[O-])s2)cc1. The lowest BCUT2D eigenvalue weighted by atomic mass is 10.2. The number of nitro groups is 1. The summed E-state index contributed by atoms with van der Waals surface area (Å²) in [6.45, 7) is 3.71. The first kappa shape index (κ1) is 16.6. The number of carbonyl (C=O) groups excluding carboxylic acids is 1. The number of hydrazone groups is 1. The molecule has 1 amide bonds. The van der Waals surface area contributed by atoms with Crippen LogP contribution in [0, 0.1) is 17.0 Å². The molecule has 120 valence electrons. The van der Waals surface area contributed by atoms with Crippen LogP contribution in [0.2, 0.25) is 0 Å². The van der Waals surface area contributed by atoms with Gasteiger partial charge in [0.05, 0.1) is 16.0 Å². The van der Waals surface area contributed by atoms with Crippen LogP contribution in [0.1, 0.15) is 17.4 Å². The predicted octanol–water partition coefficient (Wildman–Crippen LogP) is 2.92. The summed E-state index contributed by atoms with van der Waals surface area (Å²) in [5.74, 6) is -0.298. The summed E-state index contributed by atoms with van der Waals surface area (Å²) >= 11 is 0.990. The van der Waals surface area contributed by atoms with Gasteiger partial charge in [0.2, 0.25) is 0 Å². The number of rotatable bonds is 6. The van der Waals surface area contributed by atoms with E-state index in [2.05, 4.69) is 15.8 Å². The van der Waals surface area contributed by atoms with Crippen LogP contribution >= 0.6 is 11.3 Å². The van der Waals surface area contributed by atoms with Gasteiger partial charge in [-0.3, -0.25) is 14.9 Å². The molecule has 0 aliphatic rings. The van der Waals surface area contributed by atoms with E-state index in [9.17, 15) is 14.9 Å². The molecule has 2 aromatic rings. The first-order valence-corrected chi connectivity index (χ1v) is 7.67. The second-order valence-electron chi connectivity index (χ2n) is 4.90. The number of nitrogens with zero attached hydrogens (tertiary/aromatic N) is 2. The summed E-state index contributed by atoms with van der Waals surface area (Å²) in [5, 5.41) is 17.5. The van der Waals surface area contributed by atoms with E-state index < -0.39 is 11.0 Å². The molecule has 1 heterocycles. The Balaban J connectivity index is 1.86. The number of hydrogen-bond acceptors (Lipinski definition) is 6. The first-order chi connectivity index (χ1) is 11.0. The van der Waals surface area contributed by atoms with Crippen LogP contribution in [0.4, 0.5) is 10.7 Å². The molecular formula is C15H16N4O3S. The highest BCUT2D eigenvalue weighted by Gasteiger charge is 2.12. The second kappa shape index (κ2) is 7.50. The molecule has 1 aromatic heterocycles. The maximum Gasteiger partial charge on any atom is 0.324 e. The quantitative estimate of drug-likeness (QED) is 0.483. The molecule has 0 aliphatic carbocycles. The van der Waals surface area contributed by atoms with Crippen LogP contribution in [0.15, 0.2) is 41.5 Å². The van der Waals surface area contributed by atoms with Gasteiger partial charge in [-0.25, -0.2) is 5.43 Å². The summed E-state index contributed by atoms with van der Waals surface area (Å²) in [4.78, 5) is 22.6. The van der Waals surface area contributed by atoms with E-state index in [1.807, 2.05) is 31.2 Å². The van der Waals surface area contributed by atoms with Crippen LogP contribution in [0.5, 0.6) is 0 Å². The maximum atomic E-state index is 11.9. The van der Waals surface area contributed by atoms with Crippen LogP contribution in [-0.4, -0.2) is 23.1 Å². The molecular weight excluding hydrogens is 316 g/mol. The molecule has 0 spiro atoms. The number of aryl methyl sites for hydroxylation is 1. The van der Waals surface area contributed by atoms with Gasteiger partial charge in [0.25, 0.3) is 5.91 Å². The molecule has 0 saturated heterocycles. The van der Waals surface area contributed by atoms with Crippen molar-refractivity contribution in [3.05, 3.63) is 57.0 Å². The second-order valence-corrected chi connectivity index (χ2v) is 5.99. The standard InChI is InChI=1S/C15H16N4O3S/c1-10-3-5-12(6-4-10)17-11(2)15(20)18-16-9-13-7-8-14(23-13)19(21)22/h3-9,11,17H,1-2H3,(H,18,20)/b16-9-/t11-/m0/s1. The van der Waals surface area contributed by atoms with Crippen LogP contribution in [-0.2, 0) is 4.79 Å². The van der Waals surface area contributed by atoms with Gasteiger partial charge < -0.3 is 5.32 Å². The van der Waals surface area contributed by atoms with Crippen LogP contribution in [0.3, 0.4) is 0 Å². The molecule has 0 unspecified atom stereocenters. The molecule has 8 heteroatoms. The molecule has 2 N–H and O–H groups in total. The number of amides is 1. The van der Waals surface area contributed by atoms with Gasteiger partial charge in [0.1, 0.15) is 6.04 Å². The Bertz CT molecular complexity index is 725. The van der Waals surface area contributed by atoms with Crippen LogP contribution in [0.25, 0.3) is 0 Å². The molecule has 0 radical (unpaired) electrons. The highest BCUT2D eigenvalue weighted by atomic mass is 32.1. The zero-order valence-corrected chi connectivity index (χ0v) is 13.5. The Morgan fingerprint density at radius 1 is 1.30 bits per heavy atom. The number of hydrogen-bond donors (Lipinski definition) is 2. The largest absolute Gasteiger partial charge is 0.374 e. The topological polar surface area (TPSA) is 96.6 Å². The highest BCUT2D eigenvalue weighted by Crippen LogP contribution is 2.22. The monoisotopic (exact) mass is 332 g/mol. The number of benzene rings is 1. The molecule has 23 heavy (non-hydrogen) atoms. The van der Waals surface area contributed by atoms with Gasteiger partial charge in [-0.2, -0.15) is 5.10 Å². The van der Waals surface area contributed by atoms with E-state index in [4.69, 9.17) is 0 Å². The summed E-state index contributed by atoms with van der Waals surface area (Å²) in [6, 6.07) is 10.2. The Morgan fingerprint density at radius 2 is 2.00 bits per heavy atom. The lowest BCUT2D eigenvalue weighted by Crippen LogP contribution is -2.34. The maximum absolute atomic E-state index is 11.9. The van der Waals surface area contributed by atoms with Gasteiger partial charge in [0.15, 0.2) is 0 Å². The third-order valence-corrected chi connectivity index (χ3v) is 3.96. The van der Waals surface area contributed by atoms with Crippen molar-refractivity contribution in [1.82, 2.24) is 5.43 Å². The summed E-state index contributed by atoms with van der Waals surface area (Å²) in [6.07, 6.45) is 1.38. The fourth-order valence-electron chi connectivity index (χ4n) is 1.73. The molecule has 7 nitrogen and oxygen atoms in total. The highest BCUT2D eigenvalue weighted by molar-refractivity contribution is 7.16. The minimum Gasteiger partial charge on any atom is -0.374 e. The van der Waals surface area contributed by atoms with E-state index in [0.29, 0.717) is 4.88 Å². The zero-order valence-electron chi connectivity index (χ0n) is 12.6. The average Bonchev–Trinajstić information content (AvgIpc) is 2.98. The van der Waals surface area contributed by atoms with Crippen molar-refractivity contribution < 1.29 is 9.72 Å². The van der Waals surface area contributed by atoms with E-state index in [-0.39, 0.29) is 10.9 Å². The summed E-state index contributed by atoms with van der Waals surface area (Å²) < 4.78 is 0. The molecule has 0 bridgehead atoms. The number of nitrogens with one attached hydrogen (secondary N) is 2. The fourth-order valence-corrected chi connectivity index (χ4v) is 2.42. The minimum absolute atomic E-state index is 0.0344. The van der Waals surface area contributed by atoms with Crippen molar-refractivity contribution in [2.75, 3.05) is 5.32 Å². The van der Waals surface area contributed by atoms with E-state index in [0.717, 1.165) is 22.6 Å². The predicted molar refractivity (Wildman–Crippen MR) is 91.0 cm³/mol. The Kier molecular flexibility index (Phi) is 5.42. The van der Waals surface area contributed by atoms with Crippen molar-refractivity contribution in [3.8, 4) is 0 Å². The average molecular weight is 332 g/mol. The molecule has 1 atom stereocenters. The first-order valence-electron chi connectivity index (χ1n) is 6.86. The van der Waals surface area contributed by atoms with Crippen molar-refractivity contribution in [2.24, 2.45) is 5.10 Å². The normalized spacial score (nSPS) is 12.1. The third kappa shape index (κ3) is 4.89. The fraction of sp³-hybridized carbons (Fsp3) is 0.200. The van der Waals surface area contributed by atoms with Crippen molar-refractivity contribution >= 4 is 34.1 Å². The number of anilines is 1. The zero-order chi connectivity index (χ0) is 16.8. The van der Waals surface area contributed by atoms with E-state index in [1.165, 1.54) is 12.3 Å². The number of thiophene rings is 1. The van der Waals surface area contributed by atoms with Gasteiger partial charge in [-0.15, -0.1) is 0 Å². The van der Waals surface area contributed by atoms with E-state index >= 15 is 0 Å².